The van der Waals surface area contributed by atoms with E-state index in [9.17, 15) is 53.7 Å². The second-order valence-electron chi connectivity index (χ2n) is 24.5. The quantitative estimate of drug-likeness (QED) is 0.0476. The van der Waals surface area contributed by atoms with Crippen molar-refractivity contribution in [1.29, 1.82) is 0 Å². The van der Waals surface area contributed by atoms with Crippen LogP contribution in [0.4, 0.5) is 15.3 Å². The van der Waals surface area contributed by atoms with Crippen LogP contribution in [0.3, 0.4) is 0 Å². The van der Waals surface area contributed by atoms with Crippen molar-refractivity contribution in [2.45, 2.75) is 174 Å². The lowest BCUT2D eigenvalue weighted by Crippen LogP contribution is -2.81. The molecule has 0 radical (unpaired) electrons. The Balaban J connectivity index is 1.22. The van der Waals surface area contributed by atoms with E-state index in [1.165, 1.54) is 83.1 Å². The summed E-state index contributed by atoms with van der Waals surface area (Å²) in [5, 5.41) is 48.6. The number of Topliss-reactive ketones (excluding diaryl/α,β-unsaturated/α-hetero) is 1. The molecular weight excluding hydrogens is 1130 g/mol. The number of carbonyl (C=O) groups is 10. The van der Waals surface area contributed by atoms with Crippen molar-refractivity contribution in [3.63, 3.8) is 0 Å². The van der Waals surface area contributed by atoms with E-state index in [0.717, 1.165) is 6.92 Å². The van der Waals surface area contributed by atoms with Gasteiger partial charge in [0.05, 0.1) is 36.0 Å². The van der Waals surface area contributed by atoms with Gasteiger partial charge in [-0.15, -0.1) is 0 Å². The third kappa shape index (κ3) is 14.0. The molecule has 25 nitrogen and oxygen atoms in total. The van der Waals surface area contributed by atoms with E-state index >= 15 is 9.59 Å². The Morgan fingerprint density at radius 1 is 0.816 bits per heavy atom. The van der Waals surface area contributed by atoms with Crippen molar-refractivity contribution in [1.82, 2.24) is 16.0 Å². The van der Waals surface area contributed by atoms with Crippen molar-refractivity contribution in [2.24, 2.45) is 28.4 Å². The zero-order valence-corrected chi connectivity index (χ0v) is 50.3. The molecule has 7 rings (SSSR count). The average Bonchev–Trinajstić information content (AvgIpc) is 0.674. The first-order valence-corrected chi connectivity index (χ1v) is 28.4. The number of carbonyl (C=O) groups excluding carboxylic acids is 10. The maximum Gasteiger partial charge on any atom is 0.509 e. The summed E-state index contributed by atoms with van der Waals surface area (Å²) in [6, 6.07) is 17.0. The van der Waals surface area contributed by atoms with E-state index in [1.807, 2.05) is 0 Å². The summed E-state index contributed by atoms with van der Waals surface area (Å²) in [7, 11) is 0. The van der Waals surface area contributed by atoms with Gasteiger partial charge in [-0.05, 0) is 88.1 Å². The number of fused-ring (bicyclic) bond motifs is 5. The Morgan fingerprint density at radius 3 is 2.00 bits per heavy atom. The van der Waals surface area contributed by atoms with Crippen LogP contribution in [-0.2, 0) is 73.3 Å². The zero-order chi connectivity index (χ0) is 64.3. The molecule has 3 aromatic rings. The maximum absolute atomic E-state index is 15.4. The van der Waals surface area contributed by atoms with Gasteiger partial charge in [0, 0.05) is 36.8 Å². The summed E-state index contributed by atoms with van der Waals surface area (Å²) in [6.07, 6.45) is -14.7. The number of aliphatic hydroxyl groups excluding tert-OH is 2. The van der Waals surface area contributed by atoms with Crippen LogP contribution < -0.4 is 27.0 Å². The molecule has 3 fully saturated rings. The predicted molar refractivity (Wildman–Crippen MR) is 306 cm³/mol. The molecule has 13 atom stereocenters. The van der Waals surface area contributed by atoms with Gasteiger partial charge in [0.15, 0.2) is 11.4 Å². The number of hydrogen-bond acceptors (Lipinski definition) is 20. The van der Waals surface area contributed by atoms with Crippen molar-refractivity contribution in [3.05, 3.63) is 113 Å². The summed E-state index contributed by atoms with van der Waals surface area (Å²) < 4.78 is 41.6. The highest BCUT2D eigenvalue weighted by Crippen LogP contribution is 2.64. The van der Waals surface area contributed by atoms with Gasteiger partial charge in [-0.25, -0.2) is 19.2 Å². The van der Waals surface area contributed by atoms with Crippen LogP contribution in [-0.4, -0.2) is 147 Å². The Morgan fingerprint density at radius 2 is 1.44 bits per heavy atom. The molecule has 2 saturated carbocycles. The number of rotatable bonds is 19. The molecule has 5 amide bonds. The Bertz CT molecular complexity index is 3170. The van der Waals surface area contributed by atoms with Gasteiger partial charge in [0.2, 0.25) is 29.7 Å². The number of ketones is 1. The van der Waals surface area contributed by atoms with Gasteiger partial charge in [-0.1, -0.05) is 88.4 Å². The van der Waals surface area contributed by atoms with Gasteiger partial charge in [0.25, 0.3) is 0 Å². The van der Waals surface area contributed by atoms with Crippen LogP contribution >= 0.6 is 0 Å². The van der Waals surface area contributed by atoms with E-state index < -0.39 is 173 Å². The van der Waals surface area contributed by atoms with Crippen LogP contribution in [0.1, 0.15) is 123 Å². The van der Waals surface area contributed by atoms with E-state index in [2.05, 4.69) is 21.3 Å². The molecule has 1 heterocycles. The first-order chi connectivity index (χ1) is 40.6. The van der Waals surface area contributed by atoms with Crippen LogP contribution in [0.15, 0.2) is 96.1 Å². The van der Waals surface area contributed by atoms with Crippen molar-refractivity contribution < 1.29 is 96.4 Å². The molecular formula is C62H77N5O20. The Hall–Kier alpha value is -8.26. The largest absolute Gasteiger partial charge is 0.509 e. The topological polar surface area (TPSA) is 370 Å². The zero-order valence-electron chi connectivity index (χ0n) is 50.3. The lowest BCUT2D eigenvalue weighted by Gasteiger charge is -2.67. The number of esters is 3. The van der Waals surface area contributed by atoms with Crippen molar-refractivity contribution >= 4 is 65.3 Å². The highest BCUT2D eigenvalue weighted by molar-refractivity contribution is 6.00. The highest BCUT2D eigenvalue weighted by Gasteiger charge is 2.78. The lowest BCUT2D eigenvalue weighted by atomic mass is 9.44. The fourth-order valence-corrected chi connectivity index (χ4v) is 12.0. The number of alkyl carbamates (subject to hydrolysis) is 1. The Labute approximate surface area is 502 Å². The number of nitrogens with two attached hydrogens (primary N) is 1. The van der Waals surface area contributed by atoms with E-state index in [-0.39, 0.29) is 41.0 Å². The van der Waals surface area contributed by atoms with E-state index in [0.29, 0.717) is 5.56 Å². The third-order valence-corrected chi connectivity index (χ3v) is 16.7. The predicted octanol–water partition coefficient (Wildman–Crippen LogP) is 4.08. The number of anilines is 1. The monoisotopic (exact) mass is 1210 g/mol. The molecule has 1 unspecified atom stereocenters. The molecule has 0 aromatic heterocycles. The molecule has 1 aliphatic heterocycles. The van der Waals surface area contributed by atoms with Crippen LogP contribution in [0.2, 0.25) is 0 Å². The fourth-order valence-electron chi connectivity index (χ4n) is 12.0. The average molecular weight is 1210 g/mol. The van der Waals surface area contributed by atoms with Crippen LogP contribution in [0.25, 0.3) is 0 Å². The number of primary amides is 1. The summed E-state index contributed by atoms with van der Waals surface area (Å²) in [4.78, 5) is 136. The minimum Gasteiger partial charge on any atom is -0.455 e. The van der Waals surface area contributed by atoms with Gasteiger partial charge >= 0.3 is 30.2 Å². The molecule has 470 valence electrons. The molecule has 0 spiro atoms. The van der Waals surface area contributed by atoms with Gasteiger partial charge in [-0.3, -0.25) is 28.8 Å². The maximum atomic E-state index is 15.4. The van der Waals surface area contributed by atoms with Crippen molar-refractivity contribution in [3.8, 4) is 0 Å². The number of hydrogen-bond donors (Lipinski definition) is 8. The summed E-state index contributed by atoms with van der Waals surface area (Å²) >= 11 is 0. The van der Waals surface area contributed by atoms with Crippen molar-refractivity contribution in [2.75, 3.05) is 11.9 Å². The van der Waals surface area contributed by atoms with Crippen LogP contribution in [0, 0.1) is 22.7 Å². The minimum absolute atomic E-state index is 0.00782. The highest BCUT2D eigenvalue weighted by atomic mass is 16.7. The van der Waals surface area contributed by atoms with Crippen LogP contribution in [0.5, 0.6) is 0 Å². The molecule has 3 aliphatic carbocycles. The Kier molecular flexibility index (Phi) is 19.8. The smallest absolute Gasteiger partial charge is 0.455 e. The third-order valence-electron chi connectivity index (χ3n) is 16.7. The normalized spacial score (nSPS) is 26.8. The molecule has 87 heavy (non-hydrogen) atoms. The van der Waals surface area contributed by atoms with Gasteiger partial charge in [-0.2, -0.15) is 0 Å². The fraction of sp³-hybridized carbons (Fsp3) is 0.516. The standard InChI is InChI=1S/C62H77N5O20/c1-31(2)51(73)64-33(4)52(74)66-39(26-43(63)70)53(75)65-38-24-22-35(23-25-38)29-81-57(79)84-47(45(36-18-14-12-15-19-36)67-56(78)87-58(6,7)8)55(77)83-40-28-62(80)50(85-54(76)37-20-16-13-17-21-37)48-60(11,49(72)46(71)44(32(40)3)59(62,9)10)41(69)27-42-61(48,30-82-42)86-34(5)68/h12-25,31,33,39-42,45-48,50,69,71,80H,26-30H2,1-11H3,(H2,63,70)(H,64,73)(H,65,75)(H,66,74)(H,67,78)/t33-,39-,40+,41+,42?,45+,46-,47-,48+,50+,60-,61+,62-/m1/s1. The number of ether oxygens (including phenoxy) is 7. The summed E-state index contributed by atoms with van der Waals surface area (Å²) in [5.41, 5.74) is -3.47. The first-order valence-electron chi connectivity index (χ1n) is 28.4. The van der Waals surface area contributed by atoms with Gasteiger partial charge < -0.3 is 75.5 Å². The number of aliphatic hydroxyl groups is 3. The van der Waals surface area contributed by atoms with E-state index in [1.54, 1.807) is 71.0 Å². The molecule has 4 aliphatic rings. The van der Waals surface area contributed by atoms with E-state index in [4.69, 9.17) is 38.9 Å². The summed E-state index contributed by atoms with van der Waals surface area (Å²) in [5.74, 6) is -9.19. The summed E-state index contributed by atoms with van der Waals surface area (Å²) in [6.45, 7) is 15.4. The second kappa shape index (κ2) is 26.0. The molecule has 25 heteroatoms. The number of nitrogens with one attached hydrogen (secondary N) is 4. The number of amides is 5. The number of benzene rings is 3. The lowest BCUT2D eigenvalue weighted by molar-refractivity contribution is -0.346. The second-order valence-corrected chi connectivity index (χ2v) is 24.5. The molecule has 3 aromatic carbocycles. The van der Waals surface area contributed by atoms with Gasteiger partial charge in [0.1, 0.15) is 60.4 Å². The molecule has 9 N–H and O–H groups in total. The minimum atomic E-state index is -2.52. The SMILES string of the molecule is CC(=O)O[C@@]12COC1C[C@H](O)[C@@]1(C)C(=O)[C@H](O)C3=C(C)[C@@H](OC(=O)[C@H](OC(=O)OCc4ccc(NC(=O)[C@@H](CC(N)=O)NC(=O)[C@@H](C)NC(=O)C(C)C)cc4)[C@@H](NC(=O)OC(C)(C)C)c4ccccc4)C[C@@](O)([C@@H](OC(=O)c4ccccc4)[C@@H]12)C3(C)C. The molecule has 1 saturated heterocycles. The molecule has 2 bridgehead atoms. The first kappa shape index (κ1) is 66.3.